The maximum Gasteiger partial charge on any atom is 0.225 e. The van der Waals surface area contributed by atoms with Crippen LogP contribution in [0, 0.1) is 17.8 Å². The smallest absolute Gasteiger partial charge is 0.225 e. The lowest BCUT2D eigenvalue weighted by molar-refractivity contribution is 0.309. The quantitative estimate of drug-likeness (QED) is 0.780. The molecule has 0 aromatic carbocycles. The molecule has 0 atom stereocenters. The van der Waals surface area contributed by atoms with Crippen LogP contribution in [0.3, 0.4) is 0 Å². The Morgan fingerprint density at radius 3 is 2.13 bits per heavy atom. The third-order valence-corrected chi connectivity index (χ3v) is 6.32. The molecule has 2 fully saturated rings. The van der Waals surface area contributed by atoms with Crippen molar-refractivity contribution in [3.8, 4) is 0 Å². The Kier molecular flexibility index (Phi) is 5.55. The van der Waals surface area contributed by atoms with Gasteiger partial charge in [-0.15, -0.1) is 0 Å². The highest BCUT2D eigenvalue weighted by molar-refractivity contribution is 5.31. The summed E-state index contributed by atoms with van der Waals surface area (Å²) in [6.45, 7) is 9.25. The van der Waals surface area contributed by atoms with E-state index in [0.717, 1.165) is 36.8 Å². The zero-order chi connectivity index (χ0) is 16.2. The van der Waals surface area contributed by atoms with E-state index in [1.807, 2.05) is 0 Å². The van der Waals surface area contributed by atoms with E-state index in [1.165, 1.54) is 50.5 Å². The molecule has 0 amide bonds. The number of aromatic nitrogens is 2. The second-order valence-corrected chi connectivity index (χ2v) is 8.01. The predicted molar refractivity (Wildman–Crippen MR) is 96.8 cm³/mol. The van der Waals surface area contributed by atoms with Gasteiger partial charge in [0.1, 0.15) is 0 Å². The molecule has 2 heterocycles. The van der Waals surface area contributed by atoms with Crippen molar-refractivity contribution in [3.63, 3.8) is 0 Å². The second kappa shape index (κ2) is 7.63. The SMILES string of the molecule is CC[C@H]1CC[C@H](c2cnc(N3CCC(C(C)C)CC3)nc2)CC1. The summed E-state index contributed by atoms with van der Waals surface area (Å²) < 4.78 is 0. The summed E-state index contributed by atoms with van der Waals surface area (Å²) in [5.74, 6) is 4.27. The molecule has 0 unspecified atom stereocenters. The Morgan fingerprint density at radius 1 is 1.00 bits per heavy atom. The largest absolute Gasteiger partial charge is 0.341 e. The van der Waals surface area contributed by atoms with Crippen molar-refractivity contribution in [1.29, 1.82) is 0 Å². The summed E-state index contributed by atoms with van der Waals surface area (Å²) in [5, 5.41) is 0. The third kappa shape index (κ3) is 4.05. The molecule has 1 aromatic rings. The molecule has 1 saturated heterocycles. The highest BCUT2D eigenvalue weighted by Crippen LogP contribution is 2.36. The lowest BCUT2D eigenvalue weighted by Crippen LogP contribution is -2.36. The molecule has 1 saturated carbocycles. The zero-order valence-corrected chi connectivity index (χ0v) is 15.2. The van der Waals surface area contributed by atoms with E-state index in [-0.39, 0.29) is 0 Å². The molecule has 0 radical (unpaired) electrons. The first-order chi connectivity index (χ1) is 11.2. The fraction of sp³-hybridized carbons (Fsp3) is 0.800. The van der Waals surface area contributed by atoms with Crippen LogP contribution in [0.25, 0.3) is 0 Å². The molecule has 3 nitrogen and oxygen atoms in total. The number of rotatable bonds is 4. The van der Waals surface area contributed by atoms with Gasteiger partial charge in [-0.3, -0.25) is 0 Å². The summed E-state index contributed by atoms with van der Waals surface area (Å²) in [6, 6.07) is 0. The number of piperidine rings is 1. The topological polar surface area (TPSA) is 29.0 Å². The van der Waals surface area contributed by atoms with Gasteiger partial charge in [0.05, 0.1) is 0 Å². The number of hydrogen-bond donors (Lipinski definition) is 0. The summed E-state index contributed by atoms with van der Waals surface area (Å²) in [5.41, 5.74) is 1.36. The molecule has 0 spiro atoms. The Balaban J connectivity index is 1.56. The van der Waals surface area contributed by atoms with Gasteiger partial charge in [0.15, 0.2) is 0 Å². The van der Waals surface area contributed by atoms with Gasteiger partial charge in [0, 0.05) is 25.5 Å². The molecule has 1 aliphatic heterocycles. The fourth-order valence-corrected chi connectivity index (χ4v) is 4.38. The maximum atomic E-state index is 4.70. The third-order valence-electron chi connectivity index (χ3n) is 6.32. The lowest BCUT2D eigenvalue weighted by atomic mass is 9.78. The van der Waals surface area contributed by atoms with Crippen LogP contribution < -0.4 is 4.90 Å². The highest BCUT2D eigenvalue weighted by atomic mass is 15.2. The molecule has 3 heteroatoms. The van der Waals surface area contributed by atoms with Crippen molar-refractivity contribution in [1.82, 2.24) is 9.97 Å². The number of hydrogen-bond acceptors (Lipinski definition) is 3. The lowest BCUT2D eigenvalue weighted by Gasteiger charge is -2.34. The van der Waals surface area contributed by atoms with Crippen molar-refractivity contribution in [2.45, 2.75) is 71.6 Å². The van der Waals surface area contributed by atoms with Gasteiger partial charge in [-0.1, -0.05) is 27.2 Å². The minimum atomic E-state index is 0.693. The Morgan fingerprint density at radius 2 is 1.61 bits per heavy atom. The molecular weight excluding hydrogens is 282 g/mol. The van der Waals surface area contributed by atoms with E-state index >= 15 is 0 Å². The van der Waals surface area contributed by atoms with E-state index in [9.17, 15) is 0 Å². The Bertz CT molecular complexity index is 466. The van der Waals surface area contributed by atoms with E-state index in [0.29, 0.717) is 5.92 Å². The number of nitrogens with zero attached hydrogens (tertiary/aromatic N) is 3. The van der Waals surface area contributed by atoms with Crippen molar-refractivity contribution >= 4 is 5.95 Å². The van der Waals surface area contributed by atoms with Gasteiger partial charge in [-0.2, -0.15) is 0 Å². The minimum absolute atomic E-state index is 0.693. The number of anilines is 1. The van der Waals surface area contributed by atoms with Crippen LogP contribution in [0.5, 0.6) is 0 Å². The van der Waals surface area contributed by atoms with Crippen LogP contribution >= 0.6 is 0 Å². The van der Waals surface area contributed by atoms with Crippen LogP contribution in [0.2, 0.25) is 0 Å². The van der Waals surface area contributed by atoms with E-state index in [4.69, 9.17) is 9.97 Å². The Hall–Kier alpha value is -1.12. The maximum absolute atomic E-state index is 4.70. The normalized spacial score (nSPS) is 26.7. The highest BCUT2D eigenvalue weighted by Gasteiger charge is 2.24. The van der Waals surface area contributed by atoms with Crippen LogP contribution in [0.15, 0.2) is 12.4 Å². The fourth-order valence-electron chi connectivity index (χ4n) is 4.38. The van der Waals surface area contributed by atoms with Gasteiger partial charge in [-0.05, 0) is 67.8 Å². The zero-order valence-electron chi connectivity index (χ0n) is 15.2. The molecule has 0 bridgehead atoms. The minimum Gasteiger partial charge on any atom is -0.341 e. The molecule has 0 N–H and O–H groups in total. The van der Waals surface area contributed by atoms with Crippen LogP contribution in [-0.2, 0) is 0 Å². The molecule has 1 aromatic heterocycles. The van der Waals surface area contributed by atoms with Gasteiger partial charge in [0.25, 0.3) is 0 Å². The van der Waals surface area contributed by atoms with Crippen molar-refractivity contribution in [2.75, 3.05) is 18.0 Å². The molecule has 23 heavy (non-hydrogen) atoms. The second-order valence-electron chi connectivity index (χ2n) is 8.01. The van der Waals surface area contributed by atoms with Gasteiger partial charge in [-0.25, -0.2) is 9.97 Å². The van der Waals surface area contributed by atoms with E-state index in [1.54, 1.807) is 0 Å². The van der Waals surface area contributed by atoms with E-state index < -0.39 is 0 Å². The van der Waals surface area contributed by atoms with Gasteiger partial charge in [0.2, 0.25) is 5.95 Å². The van der Waals surface area contributed by atoms with Crippen LogP contribution in [0.4, 0.5) is 5.95 Å². The molecular formula is C20H33N3. The summed E-state index contributed by atoms with van der Waals surface area (Å²) >= 11 is 0. The summed E-state index contributed by atoms with van der Waals surface area (Å²) in [7, 11) is 0. The predicted octanol–water partition coefficient (Wildman–Crippen LogP) is 5.03. The van der Waals surface area contributed by atoms with Crippen molar-refractivity contribution in [3.05, 3.63) is 18.0 Å². The summed E-state index contributed by atoms with van der Waals surface area (Å²) in [6.07, 6.45) is 13.5. The monoisotopic (exact) mass is 315 g/mol. The first-order valence-corrected chi connectivity index (χ1v) is 9.74. The molecule has 3 rings (SSSR count). The van der Waals surface area contributed by atoms with Gasteiger partial charge >= 0.3 is 0 Å². The van der Waals surface area contributed by atoms with Gasteiger partial charge < -0.3 is 4.90 Å². The van der Waals surface area contributed by atoms with Crippen LogP contribution in [-0.4, -0.2) is 23.1 Å². The van der Waals surface area contributed by atoms with E-state index in [2.05, 4.69) is 38.1 Å². The first-order valence-electron chi connectivity index (χ1n) is 9.74. The standard InChI is InChI=1S/C20H33N3/c1-4-16-5-7-18(8-6-16)19-13-21-20(22-14-19)23-11-9-17(10-12-23)15(2)3/h13-18H,4-12H2,1-3H3/t16-,18-. The van der Waals surface area contributed by atoms with Crippen molar-refractivity contribution in [2.24, 2.45) is 17.8 Å². The Labute approximate surface area is 141 Å². The molecule has 1 aliphatic carbocycles. The first kappa shape index (κ1) is 16.7. The summed E-state index contributed by atoms with van der Waals surface area (Å²) in [4.78, 5) is 11.8. The van der Waals surface area contributed by atoms with Crippen molar-refractivity contribution < 1.29 is 0 Å². The molecule has 2 aliphatic rings. The van der Waals surface area contributed by atoms with Crippen LogP contribution in [0.1, 0.15) is 77.2 Å². The average Bonchev–Trinajstić information content (AvgIpc) is 2.62. The molecule has 128 valence electrons. The average molecular weight is 316 g/mol.